The zero-order valence-electron chi connectivity index (χ0n) is 16.5. The molecule has 0 heterocycles. The lowest BCUT2D eigenvalue weighted by Crippen LogP contribution is -1.80. The molecule has 124 valence electrons. The molecule has 0 unspecified atom stereocenters. The van der Waals surface area contributed by atoms with Crippen molar-refractivity contribution in [1.29, 1.82) is 0 Å². The van der Waals surface area contributed by atoms with Crippen molar-refractivity contribution in [2.75, 3.05) is 0 Å². The fourth-order valence-corrected chi connectivity index (χ4v) is 1.28. The first-order chi connectivity index (χ1) is 10.3. The number of hydrogen-bond acceptors (Lipinski definition) is 0. The Labute approximate surface area is 136 Å². The fourth-order valence-electron chi connectivity index (χ4n) is 1.28. The summed E-state index contributed by atoms with van der Waals surface area (Å²) in [4.78, 5) is 0. The number of allylic oxidation sites excluding steroid dienone is 4. The van der Waals surface area contributed by atoms with E-state index in [-0.39, 0.29) is 0 Å². The highest BCUT2D eigenvalue weighted by Gasteiger charge is 1.94. The third-order valence-electron chi connectivity index (χ3n) is 2.04. The van der Waals surface area contributed by atoms with Gasteiger partial charge in [-0.15, -0.1) is 0 Å². The maximum absolute atomic E-state index is 2.16. The van der Waals surface area contributed by atoms with Crippen LogP contribution in [0.1, 0.15) is 80.4 Å². The normalized spacial score (nSPS) is 8.81. The molecule has 0 amide bonds. The zero-order valence-corrected chi connectivity index (χ0v) is 16.5. The van der Waals surface area contributed by atoms with Gasteiger partial charge in [-0.25, -0.2) is 0 Å². The molecule has 1 aromatic carbocycles. The number of aryl methyl sites for hydroxylation is 1. The van der Waals surface area contributed by atoms with Crippen LogP contribution in [0.2, 0.25) is 0 Å². The van der Waals surface area contributed by atoms with Crippen molar-refractivity contribution in [3.05, 3.63) is 53.6 Å². The number of benzene rings is 1. The molecule has 1 rings (SSSR count). The van der Waals surface area contributed by atoms with E-state index in [1.165, 1.54) is 16.7 Å². The van der Waals surface area contributed by atoms with Gasteiger partial charge in [-0.3, -0.25) is 0 Å². The molecule has 0 N–H and O–H groups in total. The lowest BCUT2D eigenvalue weighted by molar-refractivity contribution is 1.45. The highest BCUT2D eigenvalue weighted by molar-refractivity contribution is 5.73. The maximum Gasteiger partial charge on any atom is -0.0187 e. The van der Waals surface area contributed by atoms with Crippen LogP contribution in [0, 0.1) is 6.92 Å². The van der Waals surface area contributed by atoms with E-state index in [0.717, 1.165) is 0 Å². The van der Waals surface area contributed by atoms with E-state index in [0.29, 0.717) is 0 Å². The Kier molecular flexibility index (Phi) is 36.1. The predicted molar refractivity (Wildman–Crippen MR) is 105 cm³/mol. The van der Waals surface area contributed by atoms with Crippen molar-refractivity contribution in [3.63, 3.8) is 0 Å². The molecule has 0 aromatic heterocycles. The van der Waals surface area contributed by atoms with E-state index < -0.39 is 0 Å². The second-order valence-electron chi connectivity index (χ2n) is 3.11. The van der Waals surface area contributed by atoms with E-state index in [4.69, 9.17) is 0 Å². The van der Waals surface area contributed by atoms with Crippen molar-refractivity contribution in [2.24, 2.45) is 0 Å². The van der Waals surface area contributed by atoms with Gasteiger partial charge in [-0.05, 0) is 31.9 Å². The molecule has 0 aliphatic rings. The van der Waals surface area contributed by atoms with Crippen LogP contribution in [0.3, 0.4) is 0 Å². The van der Waals surface area contributed by atoms with Crippen molar-refractivity contribution < 1.29 is 0 Å². The molecule has 0 spiro atoms. The molecular weight excluding hydrogens is 252 g/mol. The summed E-state index contributed by atoms with van der Waals surface area (Å²) in [5.74, 6) is 0. The second-order valence-corrected chi connectivity index (χ2v) is 3.11. The number of hydrogen-bond donors (Lipinski definition) is 0. The Bertz CT molecular complexity index is 312. The maximum atomic E-state index is 2.16. The van der Waals surface area contributed by atoms with Gasteiger partial charge in [0.15, 0.2) is 0 Å². The van der Waals surface area contributed by atoms with Crippen molar-refractivity contribution in [3.8, 4) is 0 Å². The molecule has 0 fully saturated rings. The van der Waals surface area contributed by atoms with Crippen LogP contribution in [0.25, 0.3) is 5.57 Å². The van der Waals surface area contributed by atoms with E-state index in [2.05, 4.69) is 56.3 Å². The number of rotatable bonds is 2. The molecule has 0 radical (unpaired) electrons. The molecule has 0 nitrogen and oxygen atoms in total. The van der Waals surface area contributed by atoms with Gasteiger partial charge in [0.2, 0.25) is 0 Å². The molecule has 21 heavy (non-hydrogen) atoms. The van der Waals surface area contributed by atoms with Gasteiger partial charge >= 0.3 is 0 Å². The first-order valence-electron chi connectivity index (χ1n) is 8.64. The monoisotopic (exact) mass is 292 g/mol. The van der Waals surface area contributed by atoms with Crippen LogP contribution in [-0.2, 0) is 0 Å². The Morgan fingerprint density at radius 1 is 0.714 bits per heavy atom. The van der Waals surface area contributed by atoms with Crippen LogP contribution in [0.4, 0.5) is 0 Å². The van der Waals surface area contributed by atoms with E-state index >= 15 is 0 Å². The largest absolute Gasteiger partial charge is 0.0871 e. The van der Waals surface area contributed by atoms with Gasteiger partial charge in [0.05, 0.1) is 0 Å². The van der Waals surface area contributed by atoms with E-state index in [1.807, 2.05) is 62.3 Å². The summed E-state index contributed by atoms with van der Waals surface area (Å²) in [6, 6.07) is 8.60. The molecule has 0 saturated heterocycles. The summed E-state index contributed by atoms with van der Waals surface area (Å²) in [6.45, 7) is 22.2. The molecular formula is C21H40. The molecule has 0 heteroatoms. The third-order valence-corrected chi connectivity index (χ3v) is 2.04. The Balaban J connectivity index is -0.000000156. The molecule has 0 bridgehead atoms. The van der Waals surface area contributed by atoms with Gasteiger partial charge in [-0.1, -0.05) is 103 Å². The molecule has 0 aliphatic carbocycles. The van der Waals surface area contributed by atoms with Gasteiger partial charge in [0.1, 0.15) is 0 Å². The van der Waals surface area contributed by atoms with E-state index in [9.17, 15) is 0 Å². The summed E-state index contributed by atoms with van der Waals surface area (Å²) in [5, 5.41) is 0. The van der Waals surface area contributed by atoms with Crippen LogP contribution < -0.4 is 0 Å². The van der Waals surface area contributed by atoms with Crippen molar-refractivity contribution >= 4 is 5.57 Å². The lowest BCUT2D eigenvalue weighted by atomic mass is 10.0. The molecule has 0 atom stereocenters. The highest BCUT2D eigenvalue weighted by Crippen LogP contribution is 2.16. The summed E-state index contributed by atoms with van der Waals surface area (Å²) < 4.78 is 0. The Hall–Kier alpha value is -1.30. The van der Waals surface area contributed by atoms with Crippen LogP contribution in [0.5, 0.6) is 0 Å². The summed E-state index contributed by atoms with van der Waals surface area (Å²) in [5.41, 5.74) is 3.87. The summed E-state index contributed by atoms with van der Waals surface area (Å²) in [7, 11) is 0. The first-order valence-corrected chi connectivity index (χ1v) is 8.64. The quantitative estimate of drug-likeness (QED) is 0.483. The standard InChI is InChI=1S/C13H16.4C2H6/c1-4-6-12(5-2)13-9-7-11(3)8-10-13;4*1-2/h4-10H,1-3H3;4*1-2H3/b6-4-,12-5+;;;;. The van der Waals surface area contributed by atoms with Gasteiger partial charge < -0.3 is 0 Å². The smallest absolute Gasteiger partial charge is 0.0187 e. The van der Waals surface area contributed by atoms with Crippen molar-refractivity contribution in [2.45, 2.75) is 76.2 Å². The SMILES string of the molecule is C/C=C\C(=C/C)c1ccc(C)cc1.CC.CC.CC.CC. The van der Waals surface area contributed by atoms with Crippen LogP contribution in [0.15, 0.2) is 42.5 Å². The summed E-state index contributed by atoms with van der Waals surface area (Å²) >= 11 is 0. The van der Waals surface area contributed by atoms with Crippen molar-refractivity contribution in [1.82, 2.24) is 0 Å². The third kappa shape index (κ3) is 16.6. The summed E-state index contributed by atoms with van der Waals surface area (Å²) in [6.07, 6.45) is 6.32. The van der Waals surface area contributed by atoms with E-state index in [1.54, 1.807) is 0 Å². The first kappa shape index (κ1) is 27.9. The Morgan fingerprint density at radius 3 is 1.38 bits per heavy atom. The molecule has 1 aromatic rings. The molecule has 0 aliphatic heterocycles. The minimum Gasteiger partial charge on any atom is -0.0871 e. The van der Waals surface area contributed by atoms with Gasteiger partial charge in [-0.2, -0.15) is 0 Å². The molecule has 0 saturated carbocycles. The average molecular weight is 293 g/mol. The van der Waals surface area contributed by atoms with Crippen LogP contribution >= 0.6 is 0 Å². The van der Waals surface area contributed by atoms with Crippen LogP contribution in [-0.4, -0.2) is 0 Å². The van der Waals surface area contributed by atoms with Gasteiger partial charge in [0, 0.05) is 0 Å². The Morgan fingerprint density at radius 2 is 1.10 bits per heavy atom. The highest BCUT2D eigenvalue weighted by atomic mass is 14.0. The zero-order chi connectivity index (χ0) is 17.7. The minimum absolute atomic E-state index is 1.28. The fraction of sp³-hybridized carbons (Fsp3) is 0.524. The topological polar surface area (TPSA) is 0 Å². The minimum atomic E-state index is 1.28. The second kappa shape index (κ2) is 27.1. The predicted octanol–water partition coefficient (Wildman–Crippen LogP) is 8.08. The van der Waals surface area contributed by atoms with Gasteiger partial charge in [0.25, 0.3) is 0 Å². The lowest BCUT2D eigenvalue weighted by Gasteiger charge is -2.01. The average Bonchev–Trinajstić information content (AvgIpc) is 2.61.